The van der Waals surface area contributed by atoms with Crippen LogP contribution in [0.5, 0.6) is 0 Å². The lowest BCUT2D eigenvalue weighted by Gasteiger charge is -2.10. The van der Waals surface area contributed by atoms with Crippen LogP contribution in [0.4, 0.5) is 0 Å². The number of nitrogens with one attached hydrogen (secondary N) is 1. The Morgan fingerprint density at radius 1 is 0.857 bits per heavy atom. The summed E-state index contributed by atoms with van der Waals surface area (Å²) in [6, 6.07) is 19.2. The lowest BCUT2D eigenvalue weighted by atomic mass is 9.97. The van der Waals surface area contributed by atoms with Crippen LogP contribution in [0.2, 0.25) is 0 Å². The Bertz CT molecular complexity index is 705. The predicted molar refractivity (Wildman–Crippen MR) is 87.5 cm³/mol. The van der Waals surface area contributed by atoms with Gasteiger partial charge in [-0.05, 0) is 30.5 Å². The molecule has 21 heavy (non-hydrogen) atoms. The molecule has 106 valence electrons. The Balaban J connectivity index is 1.87. The maximum Gasteiger partial charge on any atom is 0.113 e. The first-order valence-corrected chi connectivity index (χ1v) is 7.33. The summed E-state index contributed by atoms with van der Waals surface area (Å²) in [5.41, 5.74) is 6.01. The van der Waals surface area contributed by atoms with E-state index < -0.39 is 0 Å². The summed E-state index contributed by atoms with van der Waals surface area (Å²) in [4.78, 5) is 7.99. The van der Waals surface area contributed by atoms with Gasteiger partial charge in [-0.1, -0.05) is 61.5 Å². The summed E-state index contributed by atoms with van der Waals surface area (Å²) in [5, 5.41) is 0. The number of hydrogen-bond acceptors (Lipinski definition) is 1. The van der Waals surface area contributed by atoms with E-state index in [1.54, 1.807) is 0 Å². The first-order chi connectivity index (χ1) is 10.1. The quantitative estimate of drug-likeness (QED) is 0.728. The molecule has 1 unspecified atom stereocenters. The van der Waals surface area contributed by atoms with Gasteiger partial charge in [0.25, 0.3) is 0 Å². The summed E-state index contributed by atoms with van der Waals surface area (Å²) in [6.07, 6.45) is 0. The third kappa shape index (κ3) is 2.75. The number of nitrogens with zero attached hydrogens (tertiary/aromatic N) is 1. The molecule has 0 radical (unpaired) electrons. The highest BCUT2D eigenvalue weighted by atomic mass is 14.9. The number of aromatic nitrogens is 2. The molecule has 0 spiro atoms. The minimum absolute atomic E-state index is 0.280. The molecule has 1 aromatic heterocycles. The molecule has 0 saturated heterocycles. The maximum atomic E-state index is 4.61. The molecule has 1 N–H and O–H groups in total. The van der Waals surface area contributed by atoms with Gasteiger partial charge >= 0.3 is 0 Å². The Morgan fingerprint density at radius 3 is 2.05 bits per heavy atom. The number of aromatic amines is 1. The first-order valence-electron chi connectivity index (χ1n) is 7.33. The number of hydrogen-bond donors (Lipinski definition) is 1. The molecule has 0 aliphatic heterocycles. The molecule has 3 rings (SSSR count). The highest BCUT2D eigenvalue weighted by molar-refractivity contribution is 5.63. The van der Waals surface area contributed by atoms with Gasteiger partial charge < -0.3 is 4.98 Å². The molecular weight excluding hydrogens is 256 g/mol. The summed E-state index contributed by atoms with van der Waals surface area (Å²) in [5.74, 6) is 1.32. The van der Waals surface area contributed by atoms with E-state index in [2.05, 4.69) is 72.3 Å². The summed E-state index contributed by atoms with van der Waals surface area (Å²) in [7, 11) is 0. The van der Waals surface area contributed by atoms with E-state index in [9.17, 15) is 0 Å². The predicted octanol–water partition coefficient (Wildman–Crippen LogP) is 4.85. The van der Waals surface area contributed by atoms with Gasteiger partial charge in [-0.3, -0.25) is 0 Å². The van der Waals surface area contributed by atoms with Gasteiger partial charge in [0.05, 0.1) is 5.69 Å². The van der Waals surface area contributed by atoms with Gasteiger partial charge in [0.1, 0.15) is 5.82 Å². The van der Waals surface area contributed by atoms with Gasteiger partial charge in [-0.25, -0.2) is 4.98 Å². The second-order valence-corrected chi connectivity index (χ2v) is 5.54. The van der Waals surface area contributed by atoms with Crippen molar-refractivity contribution in [2.24, 2.45) is 0 Å². The van der Waals surface area contributed by atoms with E-state index in [0.717, 1.165) is 17.2 Å². The molecule has 1 heterocycles. The fraction of sp³-hybridized carbons (Fsp3) is 0.211. The zero-order chi connectivity index (χ0) is 14.8. The standard InChI is InChI=1S/C19H20N2/c1-13(19-20-14(2)15(3)21-19)16-9-11-18(12-10-16)17-7-5-4-6-8-17/h4-13H,1-3H3,(H,20,21). The second kappa shape index (κ2) is 5.57. The number of imidazole rings is 1. The van der Waals surface area contributed by atoms with Crippen molar-refractivity contribution >= 4 is 0 Å². The van der Waals surface area contributed by atoms with E-state index >= 15 is 0 Å². The van der Waals surface area contributed by atoms with Crippen molar-refractivity contribution < 1.29 is 0 Å². The van der Waals surface area contributed by atoms with E-state index in [0.29, 0.717) is 0 Å². The van der Waals surface area contributed by atoms with Crippen molar-refractivity contribution in [2.75, 3.05) is 0 Å². The van der Waals surface area contributed by atoms with Gasteiger partial charge in [0.2, 0.25) is 0 Å². The summed E-state index contributed by atoms with van der Waals surface area (Å²) >= 11 is 0. The Morgan fingerprint density at radius 2 is 1.48 bits per heavy atom. The zero-order valence-corrected chi connectivity index (χ0v) is 12.7. The molecule has 0 bridgehead atoms. The van der Waals surface area contributed by atoms with Crippen LogP contribution in [0.15, 0.2) is 54.6 Å². The monoisotopic (exact) mass is 276 g/mol. The summed E-state index contributed by atoms with van der Waals surface area (Å²) < 4.78 is 0. The molecule has 1 atom stereocenters. The Kier molecular flexibility index (Phi) is 3.61. The minimum Gasteiger partial charge on any atom is -0.345 e. The van der Waals surface area contributed by atoms with Crippen LogP contribution in [0.3, 0.4) is 0 Å². The molecule has 2 nitrogen and oxygen atoms in total. The number of rotatable bonds is 3. The molecule has 3 aromatic rings. The normalized spacial score (nSPS) is 12.3. The van der Waals surface area contributed by atoms with Crippen LogP contribution in [0, 0.1) is 13.8 Å². The van der Waals surface area contributed by atoms with Crippen LogP contribution in [0.1, 0.15) is 35.6 Å². The largest absolute Gasteiger partial charge is 0.345 e. The van der Waals surface area contributed by atoms with Crippen molar-refractivity contribution in [3.05, 3.63) is 77.4 Å². The van der Waals surface area contributed by atoms with Gasteiger partial charge in [-0.15, -0.1) is 0 Å². The molecular formula is C19H20N2. The molecule has 2 heteroatoms. The van der Waals surface area contributed by atoms with Crippen molar-refractivity contribution in [3.8, 4) is 11.1 Å². The molecule has 0 fully saturated rings. The summed E-state index contributed by atoms with van der Waals surface area (Å²) in [6.45, 7) is 6.30. The van der Waals surface area contributed by atoms with Crippen molar-refractivity contribution in [3.63, 3.8) is 0 Å². The third-order valence-corrected chi connectivity index (χ3v) is 4.07. The highest BCUT2D eigenvalue weighted by Crippen LogP contribution is 2.26. The van der Waals surface area contributed by atoms with Gasteiger partial charge in [-0.2, -0.15) is 0 Å². The fourth-order valence-corrected chi connectivity index (χ4v) is 2.53. The van der Waals surface area contributed by atoms with Gasteiger partial charge in [0, 0.05) is 11.6 Å². The minimum atomic E-state index is 0.280. The molecule has 0 aliphatic carbocycles. The van der Waals surface area contributed by atoms with E-state index in [4.69, 9.17) is 0 Å². The Hall–Kier alpha value is -2.35. The van der Waals surface area contributed by atoms with Crippen LogP contribution in [-0.2, 0) is 0 Å². The zero-order valence-electron chi connectivity index (χ0n) is 12.7. The highest BCUT2D eigenvalue weighted by Gasteiger charge is 2.13. The van der Waals surface area contributed by atoms with Crippen molar-refractivity contribution in [1.82, 2.24) is 9.97 Å². The maximum absolute atomic E-state index is 4.61. The van der Waals surface area contributed by atoms with E-state index in [1.807, 2.05) is 13.0 Å². The smallest absolute Gasteiger partial charge is 0.113 e. The number of aryl methyl sites for hydroxylation is 2. The number of benzene rings is 2. The average molecular weight is 276 g/mol. The van der Waals surface area contributed by atoms with Crippen LogP contribution in [-0.4, -0.2) is 9.97 Å². The van der Waals surface area contributed by atoms with Crippen molar-refractivity contribution in [1.29, 1.82) is 0 Å². The van der Waals surface area contributed by atoms with E-state index in [-0.39, 0.29) is 5.92 Å². The molecule has 0 amide bonds. The molecule has 0 saturated carbocycles. The lowest BCUT2D eigenvalue weighted by Crippen LogP contribution is -1.98. The van der Waals surface area contributed by atoms with Crippen LogP contribution in [0.25, 0.3) is 11.1 Å². The third-order valence-electron chi connectivity index (χ3n) is 4.07. The fourth-order valence-electron chi connectivity index (χ4n) is 2.53. The van der Waals surface area contributed by atoms with Crippen molar-refractivity contribution in [2.45, 2.75) is 26.7 Å². The van der Waals surface area contributed by atoms with Crippen LogP contribution < -0.4 is 0 Å². The van der Waals surface area contributed by atoms with Crippen LogP contribution >= 0.6 is 0 Å². The average Bonchev–Trinajstić information content (AvgIpc) is 2.87. The van der Waals surface area contributed by atoms with Gasteiger partial charge in [0.15, 0.2) is 0 Å². The number of H-pyrrole nitrogens is 1. The molecule has 2 aromatic carbocycles. The van der Waals surface area contributed by atoms with E-state index in [1.165, 1.54) is 16.7 Å². The Labute approximate surface area is 125 Å². The SMILES string of the molecule is Cc1nc(C(C)c2ccc(-c3ccccc3)cc2)[nH]c1C. The first kappa shape index (κ1) is 13.6. The second-order valence-electron chi connectivity index (χ2n) is 5.54. The molecule has 0 aliphatic rings. The lowest BCUT2D eigenvalue weighted by molar-refractivity contribution is 0.835. The topological polar surface area (TPSA) is 28.7 Å².